The number of carbonyl (C=O) groups is 1. The third-order valence-electron chi connectivity index (χ3n) is 2.87. The Bertz CT molecular complexity index is 415. The number of amides is 2. The quantitative estimate of drug-likeness (QED) is 0.821. The van der Waals surface area contributed by atoms with Crippen LogP contribution in [0.25, 0.3) is 0 Å². The fraction of sp³-hybridized carbons (Fsp3) is 0.667. The maximum Gasteiger partial charge on any atom is 0.317 e. The summed E-state index contributed by atoms with van der Waals surface area (Å²) >= 11 is 0. The smallest absolute Gasteiger partial charge is 0.317 e. The SMILES string of the molecule is Cc1cnc(CNC(=O)N(C)C[C@@H]2COCCO2)[nH]1. The topological polar surface area (TPSA) is 79.5 Å². The van der Waals surface area contributed by atoms with Crippen LogP contribution >= 0.6 is 0 Å². The van der Waals surface area contributed by atoms with E-state index < -0.39 is 0 Å². The Morgan fingerprint density at radius 1 is 1.63 bits per heavy atom. The number of aromatic nitrogens is 2. The molecule has 0 aliphatic carbocycles. The van der Waals surface area contributed by atoms with Crippen molar-refractivity contribution in [2.45, 2.75) is 19.6 Å². The van der Waals surface area contributed by atoms with Gasteiger partial charge in [0.1, 0.15) is 5.82 Å². The van der Waals surface area contributed by atoms with Gasteiger partial charge >= 0.3 is 6.03 Å². The molecule has 1 atom stereocenters. The zero-order chi connectivity index (χ0) is 13.7. The van der Waals surface area contributed by atoms with Crippen LogP contribution in [0.2, 0.25) is 0 Å². The van der Waals surface area contributed by atoms with E-state index in [0.29, 0.717) is 32.9 Å². The highest BCUT2D eigenvalue weighted by Crippen LogP contribution is 2.03. The Balaban J connectivity index is 1.72. The van der Waals surface area contributed by atoms with E-state index in [-0.39, 0.29) is 12.1 Å². The maximum atomic E-state index is 11.9. The second-order valence-corrected chi connectivity index (χ2v) is 4.62. The molecular formula is C12H20N4O3. The summed E-state index contributed by atoms with van der Waals surface area (Å²) in [6.45, 7) is 4.58. The van der Waals surface area contributed by atoms with E-state index in [0.717, 1.165) is 11.5 Å². The van der Waals surface area contributed by atoms with Gasteiger partial charge in [-0.05, 0) is 6.92 Å². The van der Waals surface area contributed by atoms with Crippen molar-refractivity contribution in [2.75, 3.05) is 33.4 Å². The van der Waals surface area contributed by atoms with Crippen LogP contribution in [0.3, 0.4) is 0 Å². The molecule has 106 valence electrons. The highest BCUT2D eigenvalue weighted by molar-refractivity contribution is 5.73. The first-order valence-corrected chi connectivity index (χ1v) is 6.34. The van der Waals surface area contributed by atoms with Gasteiger partial charge in [0.15, 0.2) is 0 Å². The number of aromatic amines is 1. The van der Waals surface area contributed by atoms with E-state index in [1.54, 1.807) is 18.1 Å². The lowest BCUT2D eigenvalue weighted by molar-refractivity contribution is -0.0928. The Labute approximate surface area is 112 Å². The molecule has 0 saturated carbocycles. The second kappa shape index (κ2) is 6.53. The molecule has 1 saturated heterocycles. The first kappa shape index (κ1) is 13.8. The monoisotopic (exact) mass is 268 g/mol. The Hall–Kier alpha value is -1.60. The number of ether oxygens (including phenoxy) is 2. The molecule has 7 heteroatoms. The molecule has 0 aromatic carbocycles. The zero-order valence-electron chi connectivity index (χ0n) is 11.3. The predicted molar refractivity (Wildman–Crippen MR) is 68.7 cm³/mol. The van der Waals surface area contributed by atoms with Crippen LogP contribution in [0.4, 0.5) is 4.79 Å². The van der Waals surface area contributed by atoms with E-state index in [2.05, 4.69) is 15.3 Å². The average Bonchev–Trinajstić information content (AvgIpc) is 2.83. The fourth-order valence-electron chi connectivity index (χ4n) is 1.88. The minimum atomic E-state index is -0.150. The summed E-state index contributed by atoms with van der Waals surface area (Å²) in [5.74, 6) is 0.747. The number of imidazole rings is 1. The number of nitrogens with one attached hydrogen (secondary N) is 2. The molecule has 1 aliphatic rings. The number of aryl methyl sites for hydroxylation is 1. The standard InChI is InChI=1S/C12H20N4O3/c1-9-5-13-11(15-9)6-14-12(17)16(2)7-10-8-18-3-4-19-10/h5,10H,3-4,6-8H2,1-2H3,(H,13,15)(H,14,17)/t10-/m1/s1. The van der Waals surface area contributed by atoms with Crippen LogP contribution in [0.15, 0.2) is 6.20 Å². The minimum absolute atomic E-state index is 0.0460. The number of nitrogens with zero attached hydrogens (tertiary/aromatic N) is 2. The highest BCUT2D eigenvalue weighted by Gasteiger charge is 2.19. The van der Waals surface area contributed by atoms with Crippen molar-refractivity contribution in [3.8, 4) is 0 Å². The summed E-state index contributed by atoms with van der Waals surface area (Å²) in [4.78, 5) is 20.7. The average molecular weight is 268 g/mol. The summed E-state index contributed by atoms with van der Waals surface area (Å²) in [5, 5.41) is 2.80. The summed E-state index contributed by atoms with van der Waals surface area (Å²) in [5.41, 5.74) is 0.977. The van der Waals surface area contributed by atoms with Crippen molar-refractivity contribution in [1.29, 1.82) is 0 Å². The van der Waals surface area contributed by atoms with Gasteiger partial charge < -0.3 is 24.7 Å². The zero-order valence-corrected chi connectivity index (χ0v) is 11.3. The molecular weight excluding hydrogens is 248 g/mol. The largest absolute Gasteiger partial charge is 0.376 e. The fourth-order valence-corrected chi connectivity index (χ4v) is 1.88. The number of likely N-dealkylation sites (N-methyl/N-ethyl adjacent to an activating group) is 1. The molecule has 1 aromatic rings. The van der Waals surface area contributed by atoms with Crippen molar-refractivity contribution in [3.05, 3.63) is 17.7 Å². The van der Waals surface area contributed by atoms with Gasteiger partial charge in [0.25, 0.3) is 0 Å². The Morgan fingerprint density at radius 3 is 3.11 bits per heavy atom. The Morgan fingerprint density at radius 2 is 2.47 bits per heavy atom. The van der Waals surface area contributed by atoms with Crippen molar-refractivity contribution in [1.82, 2.24) is 20.2 Å². The first-order chi connectivity index (χ1) is 9.15. The molecule has 19 heavy (non-hydrogen) atoms. The highest BCUT2D eigenvalue weighted by atomic mass is 16.6. The van der Waals surface area contributed by atoms with Crippen molar-refractivity contribution in [3.63, 3.8) is 0 Å². The summed E-state index contributed by atoms with van der Waals surface area (Å²) in [6.07, 6.45) is 1.69. The maximum absolute atomic E-state index is 11.9. The summed E-state index contributed by atoms with van der Waals surface area (Å²) in [7, 11) is 1.74. The lowest BCUT2D eigenvalue weighted by Gasteiger charge is -2.27. The van der Waals surface area contributed by atoms with Crippen LogP contribution < -0.4 is 5.32 Å². The number of urea groups is 1. The summed E-state index contributed by atoms with van der Waals surface area (Å²) < 4.78 is 10.8. The van der Waals surface area contributed by atoms with Gasteiger partial charge in [0.05, 0.1) is 39.0 Å². The number of rotatable bonds is 4. The van der Waals surface area contributed by atoms with Gasteiger partial charge in [-0.3, -0.25) is 0 Å². The molecule has 2 heterocycles. The molecule has 0 bridgehead atoms. The van der Waals surface area contributed by atoms with Gasteiger partial charge in [-0.1, -0.05) is 0 Å². The first-order valence-electron chi connectivity index (χ1n) is 6.34. The third kappa shape index (κ3) is 4.22. The summed E-state index contributed by atoms with van der Waals surface area (Å²) in [6, 6.07) is -0.150. The lowest BCUT2D eigenvalue weighted by atomic mass is 10.3. The van der Waals surface area contributed by atoms with E-state index >= 15 is 0 Å². The molecule has 2 amide bonds. The van der Waals surface area contributed by atoms with Gasteiger partial charge in [-0.2, -0.15) is 0 Å². The van der Waals surface area contributed by atoms with Crippen LogP contribution in [-0.2, 0) is 16.0 Å². The number of carbonyl (C=O) groups excluding carboxylic acids is 1. The predicted octanol–water partition coefficient (Wildman–Crippen LogP) is 0.275. The van der Waals surface area contributed by atoms with E-state index in [4.69, 9.17) is 9.47 Å². The van der Waals surface area contributed by atoms with E-state index in [9.17, 15) is 4.79 Å². The normalized spacial score (nSPS) is 19.2. The molecule has 1 aromatic heterocycles. The molecule has 2 rings (SSSR count). The number of H-pyrrole nitrogens is 1. The second-order valence-electron chi connectivity index (χ2n) is 4.62. The molecule has 7 nitrogen and oxygen atoms in total. The minimum Gasteiger partial charge on any atom is -0.376 e. The van der Waals surface area contributed by atoms with Gasteiger partial charge in [-0.25, -0.2) is 9.78 Å². The number of hydrogen-bond donors (Lipinski definition) is 2. The van der Waals surface area contributed by atoms with Gasteiger partial charge in [0.2, 0.25) is 0 Å². The molecule has 1 fully saturated rings. The lowest BCUT2D eigenvalue weighted by Crippen LogP contribution is -2.44. The van der Waals surface area contributed by atoms with Crippen molar-refractivity contribution in [2.24, 2.45) is 0 Å². The van der Waals surface area contributed by atoms with Crippen molar-refractivity contribution >= 4 is 6.03 Å². The molecule has 1 aliphatic heterocycles. The van der Waals surface area contributed by atoms with Gasteiger partial charge in [0, 0.05) is 18.9 Å². The van der Waals surface area contributed by atoms with E-state index in [1.807, 2.05) is 6.92 Å². The van der Waals surface area contributed by atoms with Crippen LogP contribution in [0, 0.1) is 6.92 Å². The molecule has 0 radical (unpaired) electrons. The molecule has 0 spiro atoms. The number of hydrogen-bond acceptors (Lipinski definition) is 4. The molecule has 0 unspecified atom stereocenters. The van der Waals surface area contributed by atoms with Crippen LogP contribution in [0.1, 0.15) is 11.5 Å². The van der Waals surface area contributed by atoms with E-state index in [1.165, 1.54) is 0 Å². The van der Waals surface area contributed by atoms with Crippen LogP contribution in [-0.4, -0.2) is 60.4 Å². The third-order valence-corrected chi connectivity index (χ3v) is 2.87. The Kier molecular flexibility index (Phi) is 4.75. The van der Waals surface area contributed by atoms with Crippen LogP contribution in [0.5, 0.6) is 0 Å². The van der Waals surface area contributed by atoms with Gasteiger partial charge in [-0.15, -0.1) is 0 Å². The van der Waals surface area contributed by atoms with Crippen molar-refractivity contribution < 1.29 is 14.3 Å². The molecule has 2 N–H and O–H groups in total.